The molecule has 0 aliphatic carbocycles. The number of benzene rings is 2. The minimum Gasteiger partial charge on any atom is -0.497 e. The van der Waals surface area contributed by atoms with Gasteiger partial charge in [-0.1, -0.05) is 0 Å². The number of methoxy groups -OCH3 is 1. The van der Waals surface area contributed by atoms with Gasteiger partial charge in [0.05, 0.1) is 23.7 Å². The average molecular weight is 452 g/mol. The summed E-state index contributed by atoms with van der Waals surface area (Å²) in [7, 11) is 3.71. The van der Waals surface area contributed by atoms with E-state index in [4.69, 9.17) is 4.74 Å². The highest BCUT2D eigenvalue weighted by Crippen LogP contribution is 2.31. The Kier molecular flexibility index (Phi) is 5.93. The molecule has 2 saturated heterocycles. The van der Waals surface area contributed by atoms with Crippen LogP contribution in [0.15, 0.2) is 36.4 Å². The van der Waals surface area contributed by atoms with Gasteiger partial charge in [0.2, 0.25) is 5.91 Å². The SMILES string of the molecule is COc1ccc2[nH]c(-c3cc(N4CCC(C(=O)N5CCN(C)CC5)CC4)ccc3F)nc2c1. The first-order valence-corrected chi connectivity index (χ1v) is 11.6. The maximum absolute atomic E-state index is 14.7. The molecule has 1 aromatic heterocycles. The standard InChI is InChI=1S/C25H30FN5O2/c1-29-11-13-31(14-12-29)25(32)17-7-9-30(10-8-17)18-3-5-21(26)20(15-18)24-27-22-6-4-19(33-2)16-23(22)28-24/h3-6,15-17H,7-14H2,1-2H3,(H,27,28). The number of carbonyl (C=O) groups is 1. The van der Waals surface area contributed by atoms with Crippen LogP contribution in [0, 0.1) is 11.7 Å². The number of aromatic amines is 1. The molecule has 33 heavy (non-hydrogen) atoms. The number of imidazole rings is 1. The molecular weight excluding hydrogens is 421 g/mol. The Hall–Kier alpha value is -3.13. The molecule has 174 valence electrons. The Balaban J connectivity index is 1.29. The van der Waals surface area contributed by atoms with Gasteiger partial charge in [-0.2, -0.15) is 0 Å². The van der Waals surface area contributed by atoms with Crippen LogP contribution in [0.2, 0.25) is 0 Å². The lowest BCUT2D eigenvalue weighted by Gasteiger charge is -2.38. The van der Waals surface area contributed by atoms with Gasteiger partial charge in [0, 0.05) is 56.9 Å². The fourth-order valence-corrected chi connectivity index (χ4v) is 4.80. The number of likely N-dealkylation sites (N-methyl/N-ethyl adjacent to an activating group) is 1. The molecule has 0 atom stereocenters. The van der Waals surface area contributed by atoms with E-state index in [0.29, 0.717) is 23.0 Å². The van der Waals surface area contributed by atoms with E-state index >= 15 is 0 Å². The summed E-state index contributed by atoms with van der Waals surface area (Å²) in [5, 5.41) is 0. The summed E-state index contributed by atoms with van der Waals surface area (Å²) in [6.45, 7) is 5.09. The molecule has 7 nitrogen and oxygen atoms in total. The third-order valence-electron chi connectivity index (χ3n) is 6.92. The summed E-state index contributed by atoms with van der Waals surface area (Å²) in [4.78, 5) is 27.3. The van der Waals surface area contributed by atoms with Crippen molar-refractivity contribution in [3.63, 3.8) is 0 Å². The zero-order valence-electron chi connectivity index (χ0n) is 19.2. The maximum Gasteiger partial charge on any atom is 0.225 e. The third kappa shape index (κ3) is 4.39. The summed E-state index contributed by atoms with van der Waals surface area (Å²) >= 11 is 0. The lowest BCUT2D eigenvalue weighted by molar-refractivity contribution is -0.137. The Bertz CT molecular complexity index is 1150. The first-order chi connectivity index (χ1) is 16.0. The molecule has 2 aliphatic rings. The number of anilines is 1. The summed E-state index contributed by atoms with van der Waals surface area (Å²) in [6, 6.07) is 10.7. The molecule has 0 bridgehead atoms. The van der Waals surface area contributed by atoms with Crippen molar-refractivity contribution < 1.29 is 13.9 Å². The zero-order valence-corrected chi connectivity index (χ0v) is 19.2. The fraction of sp³-hybridized carbons (Fsp3) is 0.440. The summed E-state index contributed by atoms with van der Waals surface area (Å²) < 4.78 is 20.0. The highest BCUT2D eigenvalue weighted by Gasteiger charge is 2.30. The predicted octanol–water partition coefficient (Wildman–Crippen LogP) is 3.37. The van der Waals surface area contributed by atoms with Gasteiger partial charge >= 0.3 is 0 Å². The van der Waals surface area contributed by atoms with Crippen molar-refractivity contribution in [2.24, 2.45) is 5.92 Å². The van der Waals surface area contributed by atoms with Crippen molar-refractivity contribution in [3.05, 3.63) is 42.2 Å². The quantitative estimate of drug-likeness (QED) is 0.659. The average Bonchev–Trinajstić information content (AvgIpc) is 3.27. The second-order valence-corrected chi connectivity index (χ2v) is 9.02. The molecule has 0 radical (unpaired) electrons. The summed E-state index contributed by atoms with van der Waals surface area (Å²) in [5.41, 5.74) is 2.96. The van der Waals surface area contributed by atoms with E-state index in [1.165, 1.54) is 6.07 Å². The van der Waals surface area contributed by atoms with E-state index in [-0.39, 0.29) is 11.7 Å². The zero-order chi connectivity index (χ0) is 22.9. The second-order valence-electron chi connectivity index (χ2n) is 9.02. The minimum absolute atomic E-state index is 0.0786. The molecule has 2 fully saturated rings. The number of amides is 1. The number of fused-ring (bicyclic) bond motifs is 1. The van der Waals surface area contributed by atoms with E-state index in [1.807, 2.05) is 35.2 Å². The molecule has 2 aromatic carbocycles. The van der Waals surface area contributed by atoms with Gasteiger partial charge in [-0.15, -0.1) is 0 Å². The number of rotatable bonds is 4. The smallest absolute Gasteiger partial charge is 0.225 e. The number of H-pyrrole nitrogens is 1. The number of ether oxygens (including phenoxy) is 1. The number of halogens is 1. The maximum atomic E-state index is 14.7. The topological polar surface area (TPSA) is 64.7 Å². The molecule has 1 N–H and O–H groups in total. The van der Waals surface area contributed by atoms with E-state index in [1.54, 1.807) is 7.11 Å². The summed E-state index contributed by atoms with van der Waals surface area (Å²) in [6.07, 6.45) is 1.64. The Labute approximate surface area is 193 Å². The van der Waals surface area contributed by atoms with Crippen molar-refractivity contribution in [1.82, 2.24) is 19.8 Å². The highest BCUT2D eigenvalue weighted by molar-refractivity contribution is 5.82. The largest absolute Gasteiger partial charge is 0.497 e. The predicted molar refractivity (Wildman–Crippen MR) is 127 cm³/mol. The van der Waals surface area contributed by atoms with Gasteiger partial charge in [-0.05, 0) is 50.2 Å². The molecule has 1 amide bonds. The minimum atomic E-state index is -0.315. The van der Waals surface area contributed by atoms with Gasteiger partial charge in [-0.3, -0.25) is 4.79 Å². The van der Waals surface area contributed by atoms with Gasteiger partial charge < -0.3 is 24.4 Å². The lowest BCUT2D eigenvalue weighted by atomic mass is 9.94. The van der Waals surface area contributed by atoms with Crippen LogP contribution in [-0.4, -0.2) is 79.1 Å². The van der Waals surface area contributed by atoms with Crippen LogP contribution >= 0.6 is 0 Å². The molecule has 0 spiro atoms. The van der Waals surface area contributed by atoms with E-state index in [2.05, 4.69) is 26.8 Å². The van der Waals surface area contributed by atoms with Crippen molar-refractivity contribution >= 4 is 22.6 Å². The van der Waals surface area contributed by atoms with Crippen LogP contribution in [0.4, 0.5) is 10.1 Å². The van der Waals surface area contributed by atoms with Gasteiger partial charge in [0.15, 0.2) is 0 Å². The molecule has 5 rings (SSSR count). The molecule has 2 aliphatic heterocycles. The number of carbonyl (C=O) groups excluding carboxylic acids is 1. The Morgan fingerprint density at radius 2 is 1.82 bits per heavy atom. The molecule has 3 heterocycles. The van der Waals surface area contributed by atoms with Crippen LogP contribution in [0.5, 0.6) is 5.75 Å². The molecule has 0 unspecified atom stereocenters. The monoisotopic (exact) mass is 451 g/mol. The normalized spacial score (nSPS) is 18.2. The number of piperazine rings is 1. The van der Waals surface area contributed by atoms with E-state index in [9.17, 15) is 9.18 Å². The van der Waals surface area contributed by atoms with E-state index in [0.717, 1.165) is 68.8 Å². The van der Waals surface area contributed by atoms with Crippen molar-refractivity contribution in [1.29, 1.82) is 0 Å². The van der Waals surface area contributed by atoms with Crippen molar-refractivity contribution in [2.45, 2.75) is 12.8 Å². The van der Waals surface area contributed by atoms with Crippen LogP contribution in [0.25, 0.3) is 22.4 Å². The Morgan fingerprint density at radius 3 is 2.55 bits per heavy atom. The summed E-state index contributed by atoms with van der Waals surface area (Å²) in [5.74, 6) is 1.27. The van der Waals surface area contributed by atoms with E-state index < -0.39 is 0 Å². The van der Waals surface area contributed by atoms with Crippen LogP contribution in [0.1, 0.15) is 12.8 Å². The molecule has 0 saturated carbocycles. The third-order valence-corrected chi connectivity index (χ3v) is 6.92. The first-order valence-electron chi connectivity index (χ1n) is 11.6. The second kappa shape index (κ2) is 9.02. The number of hydrogen-bond donors (Lipinski definition) is 1. The fourth-order valence-electron chi connectivity index (χ4n) is 4.80. The van der Waals surface area contributed by atoms with Crippen molar-refractivity contribution in [3.8, 4) is 17.1 Å². The molecule has 8 heteroatoms. The van der Waals surface area contributed by atoms with Crippen LogP contribution < -0.4 is 9.64 Å². The van der Waals surface area contributed by atoms with Crippen LogP contribution in [-0.2, 0) is 4.79 Å². The number of hydrogen-bond acceptors (Lipinski definition) is 5. The van der Waals surface area contributed by atoms with Gasteiger partial charge in [-0.25, -0.2) is 9.37 Å². The van der Waals surface area contributed by atoms with Crippen LogP contribution in [0.3, 0.4) is 0 Å². The number of piperidine rings is 1. The molecule has 3 aromatic rings. The van der Waals surface area contributed by atoms with Crippen molar-refractivity contribution in [2.75, 3.05) is 58.3 Å². The number of nitrogens with one attached hydrogen (secondary N) is 1. The molecular formula is C25H30FN5O2. The van der Waals surface area contributed by atoms with Gasteiger partial charge in [0.25, 0.3) is 0 Å². The first kappa shape index (κ1) is 21.7. The number of aromatic nitrogens is 2. The number of nitrogens with zero attached hydrogens (tertiary/aromatic N) is 4. The Morgan fingerprint density at radius 1 is 1.06 bits per heavy atom. The lowest BCUT2D eigenvalue weighted by Crippen LogP contribution is -2.50. The van der Waals surface area contributed by atoms with Gasteiger partial charge in [0.1, 0.15) is 17.4 Å². The highest BCUT2D eigenvalue weighted by atomic mass is 19.1.